The van der Waals surface area contributed by atoms with Crippen molar-refractivity contribution in [2.45, 2.75) is 32.1 Å². The highest BCUT2D eigenvalue weighted by Gasteiger charge is 2.28. The normalized spacial score (nSPS) is 16.0. The highest BCUT2D eigenvalue weighted by atomic mass is 16.1. The molecule has 0 saturated heterocycles. The van der Waals surface area contributed by atoms with Gasteiger partial charge in [-0.2, -0.15) is 0 Å². The molecule has 1 aliphatic carbocycles. The lowest BCUT2D eigenvalue weighted by Gasteiger charge is -2.24. The minimum atomic E-state index is 0.139. The number of aromatic nitrogens is 2. The molecule has 1 N–H and O–H groups in total. The fraction of sp³-hybridized carbons (Fsp3) is 0.261. The van der Waals surface area contributed by atoms with Gasteiger partial charge in [0.25, 0.3) is 0 Å². The highest BCUT2D eigenvalue weighted by molar-refractivity contribution is 5.98. The molecule has 0 radical (unpaired) electrons. The zero-order chi connectivity index (χ0) is 18.6. The number of nitrogens with zero attached hydrogens (tertiary/aromatic N) is 2. The predicted molar refractivity (Wildman–Crippen MR) is 107 cm³/mol. The van der Waals surface area contributed by atoms with Gasteiger partial charge in [0.2, 0.25) is 5.95 Å². The second-order valence-electron chi connectivity index (χ2n) is 7.10. The third kappa shape index (κ3) is 3.90. The van der Waals surface area contributed by atoms with E-state index in [0.29, 0.717) is 17.9 Å². The van der Waals surface area contributed by atoms with Crippen molar-refractivity contribution in [1.29, 1.82) is 0 Å². The molecule has 0 amide bonds. The maximum Gasteiger partial charge on any atom is 0.222 e. The highest BCUT2D eigenvalue weighted by Crippen LogP contribution is 2.33. The summed E-state index contributed by atoms with van der Waals surface area (Å²) >= 11 is 0. The van der Waals surface area contributed by atoms with Gasteiger partial charge >= 0.3 is 0 Å². The molecule has 0 bridgehead atoms. The fourth-order valence-electron chi connectivity index (χ4n) is 3.76. The number of hydrogen-bond donors (Lipinski definition) is 1. The zero-order valence-corrected chi connectivity index (χ0v) is 15.5. The summed E-state index contributed by atoms with van der Waals surface area (Å²) in [5.41, 5.74) is 5.28. The number of rotatable bonds is 5. The molecule has 3 aromatic rings. The van der Waals surface area contributed by atoms with Gasteiger partial charge in [0.15, 0.2) is 5.78 Å². The lowest BCUT2D eigenvalue weighted by molar-refractivity contribution is 0.0962. The van der Waals surface area contributed by atoms with E-state index in [0.717, 1.165) is 25.1 Å². The summed E-state index contributed by atoms with van der Waals surface area (Å²) < 4.78 is 0. The van der Waals surface area contributed by atoms with Crippen LogP contribution in [0.5, 0.6) is 0 Å². The minimum Gasteiger partial charge on any atom is -0.354 e. The molecule has 0 spiro atoms. The molecule has 27 heavy (non-hydrogen) atoms. The molecule has 1 heterocycles. The van der Waals surface area contributed by atoms with E-state index in [9.17, 15) is 4.79 Å². The van der Waals surface area contributed by atoms with Crippen LogP contribution in [-0.4, -0.2) is 22.3 Å². The molecule has 1 aromatic heterocycles. The maximum absolute atomic E-state index is 12.6. The van der Waals surface area contributed by atoms with Crippen LogP contribution < -0.4 is 5.32 Å². The van der Waals surface area contributed by atoms with Crippen molar-refractivity contribution in [3.05, 3.63) is 88.7 Å². The first-order valence-corrected chi connectivity index (χ1v) is 9.43. The first kappa shape index (κ1) is 17.4. The maximum atomic E-state index is 12.6. The molecular weight excluding hydrogens is 334 g/mol. The second kappa shape index (κ2) is 7.70. The molecule has 0 fully saturated rings. The standard InChI is InChI=1S/C23H23N3O/c1-16-7-5-6-10-19(16)18-13-21-20(22(27)14-18)15-25-23(26-21)24-12-11-17-8-3-2-4-9-17/h2-10,15,18H,11-14H2,1H3,(H,24,25,26)/t18-/m0/s1. The monoisotopic (exact) mass is 357 g/mol. The Kier molecular flexibility index (Phi) is 4.97. The summed E-state index contributed by atoms with van der Waals surface area (Å²) in [7, 11) is 0. The van der Waals surface area contributed by atoms with E-state index >= 15 is 0 Å². The van der Waals surface area contributed by atoms with E-state index in [1.54, 1.807) is 6.20 Å². The van der Waals surface area contributed by atoms with Gasteiger partial charge in [-0.15, -0.1) is 0 Å². The Labute approximate surface area is 159 Å². The minimum absolute atomic E-state index is 0.139. The van der Waals surface area contributed by atoms with Crippen molar-refractivity contribution in [1.82, 2.24) is 9.97 Å². The Bertz CT molecular complexity index is 953. The summed E-state index contributed by atoms with van der Waals surface area (Å²) in [6, 6.07) is 18.6. The van der Waals surface area contributed by atoms with Crippen LogP contribution in [0.25, 0.3) is 0 Å². The number of aryl methyl sites for hydroxylation is 1. The molecule has 136 valence electrons. The Balaban J connectivity index is 1.48. The van der Waals surface area contributed by atoms with Crippen LogP contribution in [0.1, 0.15) is 45.1 Å². The number of fused-ring (bicyclic) bond motifs is 1. The number of hydrogen-bond acceptors (Lipinski definition) is 4. The van der Waals surface area contributed by atoms with E-state index in [1.165, 1.54) is 16.7 Å². The van der Waals surface area contributed by atoms with Crippen molar-refractivity contribution < 1.29 is 4.79 Å². The van der Waals surface area contributed by atoms with Gasteiger partial charge in [0.1, 0.15) is 0 Å². The SMILES string of the molecule is Cc1ccccc1[C@@H]1CC(=O)c2cnc(NCCc3ccccc3)nc2C1. The summed E-state index contributed by atoms with van der Waals surface area (Å²) in [6.45, 7) is 2.86. The Hall–Kier alpha value is -3.01. The summed E-state index contributed by atoms with van der Waals surface area (Å²) in [4.78, 5) is 21.6. The van der Waals surface area contributed by atoms with Crippen molar-refractivity contribution in [2.24, 2.45) is 0 Å². The molecule has 1 atom stereocenters. The van der Waals surface area contributed by atoms with E-state index in [-0.39, 0.29) is 11.7 Å². The van der Waals surface area contributed by atoms with Crippen LogP contribution in [0.3, 0.4) is 0 Å². The summed E-state index contributed by atoms with van der Waals surface area (Å²) in [5, 5.41) is 3.29. The van der Waals surface area contributed by atoms with Crippen LogP contribution in [0.2, 0.25) is 0 Å². The third-order valence-electron chi connectivity index (χ3n) is 5.21. The zero-order valence-electron chi connectivity index (χ0n) is 15.5. The van der Waals surface area contributed by atoms with Crippen LogP contribution in [0.15, 0.2) is 60.8 Å². The molecule has 0 unspecified atom stereocenters. The Morgan fingerprint density at radius 3 is 2.63 bits per heavy atom. The Morgan fingerprint density at radius 1 is 1.04 bits per heavy atom. The van der Waals surface area contributed by atoms with Crippen LogP contribution in [-0.2, 0) is 12.8 Å². The Morgan fingerprint density at radius 2 is 1.81 bits per heavy atom. The molecule has 0 saturated carbocycles. The van der Waals surface area contributed by atoms with E-state index in [2.05, 4.69) is 46.5 Å². The van der Waals surface area contributed by atoms with E-state index in [1.807, 2.05) is 30.3 Å². The average molecular weight is 357 g/mol. The van der Waals surface area contributed by atoms with Gasteiger partial charge in [-0.05, 0) is 42.4 Å². The first-order valence-electron chi connectivity index (χ1n) is 9.43. The predicted octanol–water partition coefficient (Wildman–Crippen LogP) is 4.35. The lowest BCUT2D eigenvalue weighted by Crippen LogP contribution is -2.22. The number of ketones is 1. The number of nitrogens with one attached hydrogen (secondary N) is 1. The average Bonchev–Trinajstić information content (AvgIpc) is 2.69. The largest absolute Gasteiger partial charge is 0.354 e. The third-order valence-corrected chi connectivity index (χ3v) is 5.21. The topological polar surface area (TPSA) is 54.9 Å². The summed E-state index contributed by atoms with van der Waals surface area (Å²) in [6.07, 6.45) is 3.90. The number of carbonyl (C=O) groups is 1. The van der Waals surface area contributed by atoms with E-state index in [4.69, 9.17) is 0 Å². The number of carbonyl (C=O) groups excluding carboxylic acids is 1. The van der Waals surface area contributed by atoms with Gasteiger partial charge in [-0.1, -0.05) is 54.6 Å². The van der Waals surface area contributed by atoms with E-state index < -0.39 is 0 Å². The second-order valence-corrected chi connectivity index (χ2v) is 7.10. The fourth-order valence-corrected chi connectivity index (χ4v) is 3.76. The molecule has 1 aliphatic rings. The summed E-state index contributed by atoms with van der Waals surface area (Å²) in [5.74, 6) is 0.932. The quantitative estimate of drug-likeness (QED) is 0.737. The van der Waals surface area contributed by atoms with Gasteiger partial charge in [-0.25, -0.2) is 9.97 Å². The van der Waals surface area contributed by atoms with Gasteiger partial charge in [-0.3, -0.25) is 4.79 Å². The molecule has 0 aliphatic heterocycles. The van der Waals surface area contributed by atoms with Crippen LogP contribution in [0, 0.1) is 6.92 Å². The lowest BCUT2D eigenvalue weighted by atomic mass is 9.81. The molecular formula is C23H23N3O. The van der Waals surface area contributed by atoms with Crippen molar-refractivity contribution in [3.63, 3.8) is 0 Å². The number of Topliss-reactive ketones (excluding diaryl/α,β-unsaturated/α-hetero) is 1. The molecule has 4 rings (SSSR count). The molecule has 4 nitrogen and oxygen atoms in total. The van der Waals surface area contributed by atoms with Gasteiger partial charge in [0, 0.05) is 19.2 Å². The number of anilines is 1. The molecule has 4 heteroatoms. The first-order chi connectivity index (χ1) is 13.2. The smallest absolute Gasteiger partial charge is 0.222 e. The van der Waals surface area contributed by atoms with Crippen LogP contribution >= 0.6 is 0 Å². The van der Waals surface area contributed by atoms with Crippen molar-refractivity contribution >= 4 is 11.7 Å². The number of benzene rings is 2. The van der Waals surface area contributed by atoms with Crippen molar-refractivity contribution in [3.8, 4) is 0 Å². The van der Waals surface area contributed by atoms with Crippen molar-refractivity contribution in [2.75, 3.05) is 11.9 Å². The molecule has 2 aromatic carbocycles. The van der Waals surface area contributed by atoms with Crippen LogP contribution in [0.4, 0.5) is 5.95 Å². The van der Waals surface area contributed by atoms with Gasteiger partial charge < -0.3 is 5.32 Å². The van der Waals surface area contributed by atoms with Gasteiger partial charge in [0.05, 0.1) is 11.3 Å².